The molecule has 0 spiro atoms. The average Bonchev–Trinajstić information content (AvgIpc) is 3.20. The van der Waals surface area contributed by atoms with Gasteiger partial charge in [0.25, 0.3) is 5.91 Å². The van der Waals surface area contributed by atoms with Crippen LogP contribution in [0.3, 0.4) is 0 Å². The molecule has 0 radical (unpaired) electrons. The molecule has 0 fully saturated rings. The van der Waals surface area contributed by atoms with Crippen LogP contribution in [-0.4, -0.2) is 30.1 Å². The number of nitrogens with one attached hydrogen (secondary N) is 1. The largest absolute Gasteiger partial charge is 0.483 e. The van der Waals surface area contributed by atoms with Crippen molar-refractivity contribution in [1.82, 2.24) is 4.90 Å². The van der Waals surface area contributed by atoms with Gasteiger partial charge in [0, 0.05) is 24.3 Å². The molecule has 2 heterocycles. The first-order valence-corrected chi connectivity index (χ1v) is 10.4. The number of amides is 2. The summed E-state index contributed by atoms with van der Waals surface area (Å²) in [5.74, 6) is 1.84. The number of hydrogen-bond acceptors (Lipinski definition) is 5. The fourth-order valence-electron chi connectivity index (χ4n) is 3.84. The van der Waals surface area contributed by atoms with E-state index >= 15 is 0 Å². The summed E-state index contributed by atoms with van der Waals surface area (Å²) in [6, 6.07) is 20.7. The first-order chi connectivity index (χ1) is 15.6. The minimum atomic E-state index is -0.103. The number of carbonyl (C=O) groups is 2. The van der Waals surface area contributed by atoms with Crippen molar-refractivity contribution in [3.8, 4) is 17.2 Å². The Morgan fingerprint density at radius 3 is 2.56 bits per heavy atom. The lowest BCUT2D eigenvalue weighted by Crippen LogP contribution is -2.31. The molecule has 7 nitrogen and oxygen atoms in total. The minimum Gasteiger partial charge on any atom is -0.483 e. The van der Waals surface area contributed by atoms with Gasteiger partial charge in [-0.3, -0.25) is 9.59 Å². The van der Waals surface area contributed by atoms with Crippen molar-refractivity contribution in [3.63, 3.8) is 0 Å². The fraction of sp³-hybridized carbons (Fsp3) is 0.200. The monoisotopic (exact) mass is 430 g/mol. The number of rotatable bonds is 5. The molecule has 0 saturated heterocycles. The predicted molar refractivity (Wildman–Crippen MR) is 118 cm³/mol. The maximum Gasteiger partial charge on any atom is 0.261 e. The Hall–Kier alpha value is -4.00. The number of anilines is 1. The van der Waals surface area contributed by atoms with E-state index in [-0.39, 0.29) is 25.2 Å². The summed E-state index contributed by atoms with van der Waals surface area (Å²) in [4.78, 5) is 26.8. The fourth-order valence-corrected chi connectivity index (χ4v) is 3.84. The Bertz CT molecular complexity index is 1160. The van der Waals surface area contributed by atoms with Crippen molar-refractivity contribution in [2.45, 2.75) is 19.5 Å². The van der Waals surface area contributed by atoms with Crippen molar-refractivity contribution in [2.75, 3.05) is 18.7 Å². The highest BCUT2D eigenvalue weighted by Gasteiger charge is 2.23. The van der Waals surface area contributed by atoms with E-state index < -0.39 is 0 Å². The molecule has 1 N–H and O–H groups in total. The van der Waals surface area contributed by atoms with Gasteiger partial charge in [-0.05, 0) is 41.5 Å². The second-order valence-electron chi connectivity index (χ2n) is 7.76. The van der Waals surface area contributed by atoms with E-state index in [2.05, 4.69) is 5.32 Å². The summed E-state index contributed by atoms with van der Waals surface area (Å²) in [5, 5.41) is 2.94. The molecule has 162 valence electrons. The molecule has 0 unspecified atom stereocenters. The lowest BCUT2D eigenvalue weighted by molar-refractivity contribution is -0.133. The first-order valence-electron chi connectivity index (χ1n) is 10.4. The van der Waals surface area contributed by atoms with E-state index in [0.717, 1.165) is 16.7 Å². The lowest BCUT2D eigenvalue weighted by atomic mass is 10.1. The van der Waals surface area contributed by atoms with E-state index in [1.54, 1.807) is 17.0 Å². The van der Waals surface area contributed by atoms with Gasteiger partial charge < -0.3 is 24.4 Å². The van der Waals surface area contributed by atoms with Crippen LogP contribution in [0.15, 0.2) is 66.7 Å². The maximum absolute atomic E-state index is 12.7. The molecule has 2 aliphatic heterocycles. The lowest BCUT2D eigenvalue weighted by Gasteiger charge is -2.20. The van der Waals surface area contributed by atoms with Crippen molar-refractivity contribution in [2.24, 2.45) is 0 Å². The van der Waals surface area contributed by atoms with Crippen molar-refractivity contribution in [1.29, 1.82) is 0 Å². The zero-order valence-electron chi connectivity index (χ0n) is 17.4. The summed E-state index contributed by atoms with van der Waals surface area (Å²) >= 11 is 0. The molecule has 2 amide bonds. The second-order valence-corrected chi connectivity index (χ2v) is 7.76. The Kier molecular flexibility index (Phi) is 5.37. The van der Waals surface area contributed by atoms with Gasteiger partial charge in [0.15, 0.2) is 18.1 Å². The molecule has 0 atom stereocenters. The number of hydrogen-bond donors (Lipinski definition) is 1. The van der Waals surface area contributed by atoms with Crippen LogP contribution in [-0.2, 0) is 29.1 Å². The summed E-state index contributed by atoms with van der Waals surface area (Å²) in [5.41, 5.74) is 3.40. The van der Waals surface area contributed by atoms with Crippen LogP contribution >= 0.6 is 0 Å². The molecule has 7 heteroatoms. The third-order valence-corrected chi connectivity index (χ3v) is 5.43. The standard InChI is InChI=1S/C25H22N2O5/c28-24(11-17-4-2-1-3-5-17)26-20-7-9-21-19(12-20)14-27(25(29)15-30-21)13-18-6-8-22-23(10-18)32-16-31-22/h1-10,12H,11,13-16H2,(H,26,28). The zero-order chi connectivity index (χ0) is 21.9. The maximum atomic E-state index is 12.7. The molecule has 2 aliphatic rings. The van der Waals surface area contributed by atoms with Crippen molar-refractivity contribution >= 4 is 17.5 Å². The van der Waals surface area contributed by atoms with Gasteiger partial charge in [0.2, 0.25) is 12.7 Å². The van der Waals surface area contributed by atoms with Crippen LogP contribution < -0.4 is 19.5 Å². The Balaban J connectivity index is 1.30. The summed E-state index contributed by atoms with van der Waals surface area (Å²) in [6.07, 6.45) is 0.295. The third-order valence-electron chi connectivity index (χ3n) is 5.43. The predicted octanol–water partition coefficient (Wildman–Crippen LogP) is 3.52. The van der Waals surface area contributed by atoms with E-state index in [1.165, 1.54) is 0 Å². The van der Waals surface area contributed by atoms with Gasteiger partial charge in [-0.2, -0.15) is 0 Å². The summed E-state index contributed by atoms with van der Waals surface area (Å²) in [7, 11) is 0. The van der Waals surface area contributed by atoms with Gasteiger partial charge in [-0.25, -0.2) is 0 Å². The van der Waals surface area contributed by atoms with E-state index in [0.29, 0.717) is 42.4 Å². The summed E-state index contributed by atoms with van der Waals surface area (Å²) < 4.78 is 16.5. The average molecular weight is 430 g/mol. The second kappa shape index (κ2) is 8.63. The van der Waals surface area contributed by atoms with Gasteiger partial charge >= 0.3 is 0 Å². The first kappa shape index (κ1) is 19.9. The van der Waals surface area contributed by atoms with Crippen molar-refractivity contribution in [3.05, 3.63) is 83.4 Å². The van der Waals surface area contributed by atoms with Gasteiger partial charge in [0.1, 0.15) is 5.75 Å². The number of carbonyl (C=O) groups excluding carboxylic acids is 2. The Morgan fingerprint density at radius 1 is 0.875 bits per heavy atom. The van der Waals surface area contributed by atoms with Gasteiger partial charge in [-0.1, -0.05) is 36.4 Å². The number of nitrogens with zero attached hydrogens (tertiary/aromatic N) is 1. The molecule has 0 aromatic heterocycles. The van der Waals surface area contributed by atoms with Crippen molar-refractivity contribution < 1.29 is 23.8 Å². The Labute approximate surface area is 185 Å². The highest BCUT2D eigenvalue weighted by molar-refractivity contribution is 5.92. The minimum absolute atomic E-state index is 0.0305. The summed E-state index contributed by atoms with van der Waals surface area (Å²) in [6.45, 7) is 0.979. The normalized spacial score (nSPS) is 14.4. The number of ether oxygens (including phenoxy) is 3. The molecule has 3 aromatic carbocycles. The molecular weight excluding hydrogens is 408 g/mol. The third kappa shape index (κ3) is 4.37. The molecule has 0 aliphatic carbocycles. The van der Waals surface area contributed by atoms with Crippen LogP contribution in [0.5, 0.6) is 17.2 Å². The highest BCUT2D eigenvalue weighted by atomic mass is 16.7. The van der Waals surface area contributed by atoms with Crippen LogP contribution in [0.25, 0.3) is 0 Å². The highest BCUT2D eigenvalue weighted by Crippen LogP contribution is 2.33. The van der Waals surface area contributed by atoms with Crippen LogP contribution in [0, 0.1) is 0 Å². The Morgan fingerprint density at radius 2 is 1.69 bits per heavy atom. The van der Waals surface area contributed by atoms with Crippen LogP contribution in [0.1, 0.15) is 16.7 Å². The van der Waals surface area contributed by atoms with Gasteiger partial charge in [0.05, 0.1) is 6.42 Å². The molecule has 32 heavy (non-hydrogen) atoms. The van der Waals surface area contributed by atoms with E-state index in [1.807, 2.05) is 54.6 Å². The van der Waals surface area contributed by atoms with Gasteiger partial charge in [-0.15, -0.1) is 0 Å². The molecule has 3 aromatic rings. The quantitative estimate of drug-likeness (QED) is 0.670. The topological polar surface area (TPSA) is 77.1 Å². The smallest absolute Gasteiger partial charge is 0.261 e. The van der Waals surface area contributed by atoms with Crippen LogP contribution in [0.2, 0.25) is 0 Å². The van der Waals surface area contributed by atoms with E-state index in [4.69, 9.17) is 14.2 Å². The SMILES string of the molecule is O=C(Cc1ccccc1)Nc1ccc2c(c1)CN(Cc1ccc3c(c1)OCO3)C(=O)CO2. The van der Waals surface area contributed by atoms with E-state index in [9.17, 15) is 9.59 Å². The van der Waals surface area contributed by atoms with Crippen LogP contribution in [0.4, 0.5) is 5.69 Å². The molecule has 0 saturated carbocycles. The molecule has 5 rings (SSSR count). The molecular formula is C25H22N2O5. The number of benzene rings is 3. The number of fused-ring (bicyclic) bond motifs is 2. The zero-order valence-corrected chi connectivity index (χ0v) is 17.4. The molecule has 0 bridgehead atoms.